The zero-order chi connectivity index (χ0) is 14.7. The number of rotatable bonds is 4. The molecule has 0 unspecified atom stereocenters. The highest BCUT2D eigenvalue weighted by molar-refractivity contribution is 9.10. The van der Waals surface area contributed by atoms with Crippen LogP contribution < -0.4 is 5.32 Å². The molecule has 0 saturated carbocycles. The summed E-state index contributed by atoms with van der Waals surface area (Å²) >= 11 is 3.40. The van der Waals surface area contributed by atoms with E-state index in [2.05, 4.69) is 45.3 Å². The van der Waals surface area contributed by atoms with Gasteiger partial charge in [0.25, 0.3) is 5.91 Å². The van der Waals surface area contributed by atoms with Crippen LogP contribution in [0.25, 0.3) is 0 Å². The Hall–Kier alpha value is -1.62. The van der Waals surface area contributed by atoms with Crippen molar-refractivity contribution in [3.05, 3.63) is 45.7 Å². The predicted molar refractivity (Wildman–Crippen MR) is 84.0 cm³/mol. The average molecular weight is 336 g/mol. The standard InChI is InChI=1S/C15H18BrN3O/c1-9(2)6-12-8-14(19-18-12)15(20)17-13-7-11(16)5-4-10(13)3/h4-5,7-9H,6H2,1-3H3,(H,17,20)(H,18,19). The first-order valence-electron chi connectivity index (χ1n) is 6.57. The molecule has 5 heteroatoms. The van der Waals surface area contributed by atoms with E-state index in [9.17, 15) is 4.79 Å². The molecule has 2 N–H and O–H groups in total. The number of nitrogens with zero attached hydrogens (tertiary/aromatic N) is 1. The molecule has 2 rings (SSSR count). The van der Waals surface area contributed by atoms with Crippen molar-refractivity contribution < 1.29 is 4.79 Å². The van der Waals surface area contributed by atoms with Crippen LogP contribution in [0.2, 0.25) is 0 Å². The number of carbonyl (C=O) groups is 1. The lowest BCUT2D eigenvalue weighted by molar-refractivity contribution is 0.102. The summed E-state index contributed by atoms with van der Waals surface area (Å²) in [5.41, 5.74) is 3.20. The number of aromatic amines is 1. The van der Waals surface area contributed by atoms with E-state index in [1.807, 2.05) is 31.2 Å². The van der Waals surface area contributed by atoms with Crippen molar-refractivity contribution in [1.29, 1.82) is 0 Å². The zero-order valence-corrected chi connectivity index (χ0v) is 13.4. The van der Waals surface area contributed by atoms with Gasteiger partial charge in [0, 0.05) is 15.9 Å². The average Bonchev–Trinajstić information content (AvgIpc) is 2.81. The van der Waals surface area contributed by atoms with E-state index in [1.54, 1.807) is 0 Å². The second kappa shape index (κ2) is 6.22. The van der Waals surface area contributed by atoms with Crippen molar-refractivity contribution in [3.63, 3.8) is 0 Å². The SMILES string of the molecule is Cc1ccc(Br)cc1NC(=O)c1cc(CC(C)C)[nH]n1. The summed E-state index contributed by atoms with van der Waals surface area (Å²) in [6, 6.07) is 7.59. The Labute approximate surface area is 127 Å². The largest absolute Gasteiger partial charge is 0.320 e. The fraction of sp³-hybridized carbons (Fsp3) is 0.333. The van der Waals surface area contributed by atoms with Crippen molar-refractivity contribution in [2.75, 3.05) is 5.32 Å². The number of hydrogen-bond acceptors (Lipinski definition) is 2. The molecular weight excluding hydrogens is 318 g/mol. The van der Waals surface area contributed by atoms with Crippen molar-refractivity contribution in [3.8, 4) is 0 Å². The van der Waals surface area contributed by atoms with E-state index in [0.29, 0.717) is 11.6 Å². The van der Waals surface area contributed by atoms with Crippen LogP contribution in [0.15, 0.2) is 28.7 Å². The second-order valence-corrected chi connectivity index (χ2v) is 6.21. The third kappa shape index (κ3) is 3.70. The molecule has 20 heavy (non-hydrogen) atoms. The minimum absolute atomic E-state index is 0.197. The number of hydrogen-bond donors (Lipinski definition) is 2. The van der Waals surface area contributed by atoms with Crippen molar-refractivity contribution >= 4 is 27.5 Å². The fourth-order valence-electron chi connectivity index (χ4n) is 1.94. The molecule has 0 spiro atoms. The summed E-state index contributed by atoms with van der Waals surface area (Å²) in [6.07, 6.45) is 0.885. The van der Waals surface area contributed by atoms with Gasteiger partial charge < -0.3 is 5.32 Å². The van der Waals surface area contributed by atoms with Gasteiger partial charge in [-0.2, -0.15) is 5.10 Å². The van der Waals surface area contributed by atoms with Crippen LogP contribution in [0.4, 0.5) is 5.69 Å². The molecule has 0 saturated heterocycles. The fourth-order valence-corrected chi connectivity index (χ4v) is 2.30. The Bertz CT molecular complexity index is 619. The van der Waals surface area contributed by atoms with Crippen LogP contribution in [0, 0.1) is 12.8 Å². The quantitative estimate of drug-likeness (QED) is 0.889. The molecule has 1 aromatic carbocycles. The smallest absolute Gasteiger partial charge is 0.276 e. The van der Waals surface area contributed by atoms with Gasteiger partial charge in [-0.1, -0.05) is 35.8 Å². The number of benzene rings is 1. The number of nitrogens with one attached hydrogen (secondary N) is 2. The number of amides is 1. The Morgan fingerprint density at radius 3 is 2.85 bits per heavy atom. The Morgan fingerprint density at radius 1 is 1.40 bits per heavy atom. The molecule has 0 bridgehead atoms. The number of aryl methyl sites for hydroxylation is 1. The van der Waals surface area contributed by atoms with Crippen molar-refractivity contribution in [1.82, 2.24) is 10.2 Å². The lowest BCUT2D eigenvalue weighted by Gasteiger charge is -2.07. The van der Waals surface area contributed by atoms with E-state index in [0.717, 1.165) is 27.8 Å². The highest BCUT2D eigenvalue weighted by atomic mass is 79.9. The van der Waals surface area contributed by atoms with Gasteiger partial charge in [0.2, 0.25) is 0 Å². The first-order chi connectivity index (χ1) is 9.45. The van der Waals surface area contributed by atoms with E-state index in [1.165, 1.54) is 0 Å². The highest BCUT2D eigenvalue weighted by Crippen LogP contribution is 2.21. The normalized spacial score (nSPS) is 10.8. The third-order valence-electron chi connectivity index (χ3n) is 2.94. The van der Waals surface area contributed by atoms with Gasteiger partial charge in [-0.3, -0.25) is 9.89 Å². The second-order valence-electron chi connectivity index (χ2n) is 5.29. The lowest BCUT2D eigenvalue weighted by Crippen LogP contribution is -2.13. The van der Waals surface area contributed by atoms with Gasteiger partial charge in [-0.15, -0.1) is 0 Å². The van der Waals surface area contributed by atoms with E-state index in [-0.39, 0.29) is 5.91 Å². The maximum atomic E-state index is 12.2. The predicted octanol–water partition coefficient (Wildman–Crippen LogP) is 3.93. The van der Waals surface area contributed by atoms with Gasteiger partial charge in [0.05, 0.1) is 0 Å². The molecule has 0 aliphatic carbocycles. The van der Waals surface area contributed by atoms with Gasteiger partial charge in [-0.05, 0) is 43.0 Å². The van der Waals surface area contributed by atoms with Gasteiger partial charge in [0.1, 0.15) is 0 Å². The summed E-state index contributed by atoms with van der Waals surface area (Å²) in [5.74, 6) is 0.330. The van der Waals surface area contributed by atoms with Gasteiger partial charge >= 0.3 is 0 Å². The molecule has 0 aliphatic heterocycles. The topological polar surface area (TPSA) is 57.8 Å². The molecular formula is C15H18BrN3O. The van der Waals surface area contributed by atoms with E-state index in [4.69, 9.17) is 0 Å². The maximum absolute atomic E-state index is 12.2. The molecule has 0 radical (unpaired) electrons. The molecule has 2 aromatic rings. The number of H-pyrrole nitrogens is 1. The van der Waals surface area contributed by atoms with Crippen molar-refractivity contribution in [2.45, 2.75) is 27.2 Å². The monoisotopic (exact) mass is 335 g/mol. The summed E-state index contributed by atoms with van der Waals surface area (Å²) in [7, 11) is 0. The zero-order valence-electron chi connectivity index (χ0n) is 11.8. The molecule has 1 heterocycles. The van der Waals surface area contributed by atoms with Crippen LogP contribution in [-0.2, 0) is 6.42 Å². The molecule has 4 nitrogen and oxygen atoms in total. The van der Waals surface area contributed by atoms with Crippen LogP contribution >= 0.6 is 15.9 Å². The van der Waals surface area contributed by atoms with Crippen LogP contribution in [0.3, 0.4) is 0 Å². The highest BCUT2D eigenvalue weighted by Gasteiger charge is 2.12. The first kappa shape index (κ1) is 14.8. The number of aromatic nitrogens is 2. The van der Waals surface area contributed by atoms with Gasteiger partial charge in [-0.25, -0.2) is 0 Å². The Kier molecular flexibility index (Phi) is 4.60. The molecule has 0 fully saturated rings. The van der Waals surface area contributed by atoms with E-state index >= 15 is 0 Å². The Morgan fingerprint density at radius 2 is 2.15 bits per heavy atom. The lowest BCUT2D eigenvalue weighted by atomic mass is 10.1. The van der Waals surface area contributed by atoms with Crippen molar-refractivity contribution in [2.24, 2.45) is 5.92 Å². The molecule has 106 valence electrons. The Balaban J connectivity index is 2.11. The van der Waals surface area contributed by atoms with E-state index < -0.39 is 0 Å². The number of anilines is 1. The molecule has 1 aromatic heterocycles. The summed E-state index contributed by atoms with van der Waals surface area (Å²) in [5, 5.41) is 9.86. The summed E-state index contributed by atoms with van der Waals surface area (Å²) in [4.78, 5) is 12.2. The van der Waals surface area contributed by atoms with Crippen LogP contribution in [0.5, 0.6) is 0 Å². The molecule has 0 aliphatic rings. The molecule has 0 atom stereocenters. The minimum Gasteiger partial charge on any atom is -0.320 e. The van der Waals surface area contributed by atoms with Crippen LogP contribution in [-0.4, -0.2) is 16.1 Å². The summed E-state index contributed by atoms with van der Waals surface area (Å²) < 4.78 is 0.931. The number of halogens is 1. The minimum atomic E-state index is -0.197. The van der Waals surface area contributed by atoms with Crippen LogP contribution in [0.1, 0.15) is 35.6 Å². The third-order valence-corrected chi connectivity index (χ3v) is 3.43. The molecule has 1 amide bonds. The maximum Gasteiger partial charge on any atom is 0.276 e. The number of carbonyl (C=O) groups excluding carboxylic acids is 1. The summed E-state index contributed by atoms with van der Waals surface area (Å²) in [6.45, 7) is 6.22. The van der Waals surface area contributed by atoms with Gasteiger partial charge in [0.15, 0.2) is 5.69 Å². The first-order valence-corrected chi connectivity index (χ1v) is 7.37.